The van der Waals surface area contributed by atoms with E-state index in [0.717, 1.165) is 6.42 Å². The van der Waals surface area contributed by atoms with E-state index in [2.05, 4.69) is 39.8 Å². The largest absolute Gasteiger partial charge is 0.343 e. The molecule has 21 heavy (non-hydrogen) atoms. The van der Waals surface area contributed by atoms with Gasteiger partial charge in [0.25, 0.3) is 0 Å². The highest BCUT2D eigenvalue weighted by Gasteiger charge is 2.14. The summed E-state index contributed by atoms with van der Waals surface area (Å²) in [5, 5.41) is 4.84. The summed E-state index contributed by atoms with van der Waals surface area (Å²) in [6.07, 6.45) is 8.40. The van der Waals surface area contributed by atoms with Gasteiger partial charge in [-0.05, 0) is 42.1 Å². The summed E-state index contributed by atoms with van der Waals surface area (Å²) in [7, 11) is 2.10. The molecule has 0 atom stereocenters. The smallest absolute Gasteiger partial charge is 0.0519 e. The van der Waals surface area contributed by atoms with Crippen molar-refractivity contribution in [2.45, 2.75) is 6.42 Å². The van der Waals surface area contributed by atoms with Crippen LogP contribution in [0.3, 0.4) is 0 Å². The normalized spacial score (nSPS) is 11.7. The Morgan fingerprint density at radius 2 is 1.81 bits per heavy atom. The molecule has 0 radical (unpaired) electrons. The fourth-order valence-electron chi connectivity index (χ4n) is 3.26. The van der Waals surface area contributed by atoms with Crippen molar-refractivity contribution in [2.75, 3.05) is 6.54 Å². The predicted octanol–water partition coefficient (Wildman–Crippen LogP) is 2.78. The fraction of sp³-hybridized carbons (Fsp3) is 0.176. The van der Waals surface area contributed by atoms with Gasteiger partial charge in [-0.15, -0.1) is 0 Å². The van der Waals surface area contributed by atoms with Crippen LogP contribution in [0, 0.1) is 0 Å². The van der Waals surface area contributed by atoms with Crippen molar-refractivity contribution in [3.63, 3.8) is 0 Å². The molecule has 4 aromatic rings. The molecule has 3 heterocycles. The lowest BCUT2D eigenvalue weighted by Crippen LogP contribution is -2.04. The van der Waals surface area contributed by atoms with Gasteiger partial charge in [0.15, 0.2) is 0 Å². The van der Waals surface area contributed by atoms with Crippen molar-refractivity contribution < 1.29 is 0 Å². The van der Waals surface area contributed by atoms with E-state index in [1.807, 2.05) is 24.8 Å². The van der Waals surface area contributed by atoms with E-state index in [0.29, 0.717) is 6.54 Å². The SMILES string of the molecule is Cn1c2ccncc2c2c(CCN)c3cnccc3cc21. The van der Waals surface area contributed by atoms with Gasteiger partial charge in [-0.3, -0.25) is 9.97 Å². The fourth-order valence-corrected chi connectivity index (χ4v) is 3.26. The highest BCUT2D eigenvalue weighted by molar-refractivity contribution is 6.14. The second-order valence-corrected chi connectivity index (χ2v) is 5.34. The first kappa shape index (κ1) is 12.3. The Kier molecular flexibility index (Phi) is 2.65. The van der Waals surface area contributed by atoms with Crippen LogP contribution in [0.25, 0.3) is 32.6 Å². The number of pyridine rings is 2. The molecule has 3 aromatic heterocycles. The molecule has 0 aliphatic rings. The van der Waals surface area contributed by atoms with Gasteiger partial charge >= 0.3 is 0 Å². The number of nitrogens with two attached hydrogens (primary N) is 1. The average molecular weight is 276 g/mol. The molecule has 0 fully saturated rings. The molecule has 0 saturated heterocycles. The van der Waals surface area contributed by atoms with E-state index in [1.165, 1.54) is 38.1 Å². The number of hydrogen-bond acceptors (Lipinski definition) is 3. The molecule has 0 spiro atoms. The Bertz CT molecular complexity index is 969. The molecular weight excluding hydrogens is 260 g/mol. The van der Waals surface area contributed by atoms with Crippen molar-refractivity contribution in [3.05, 3.63) is 48.5 Å². The second-order valence-electron chi connectivity index (χ2n) is 5.34. The highest BCUT2D eigenvalue weighted by atomic mass is 14.9. The van der Waals surface area contributed by atoms with Crippen LogP contribution in [0.4, 0.5) is 0 Å². The van der Waals surface area contributed by atoms with Crippen molar-refractivity contribution in [3.8, 4) is 0 Å². The third-order valence-electron chi connectivity index (χ3n) is 4.21. The van der Waals surface area contributed by atoms with Crippen molar-refractivity contribution in [1.82, 2.24) is 14.5 Å². The summed E-state index contributed by atoms with van der Waals surface area (Å²) in [6, 6.07) is 6.35. The van der Waals surface area contributed by atoms with Gasteiger partial charge in [0.1, 0.15) is 0 Å². The van der Waals surface area contributed by atoms with E-state index in [4.69, 9.17) is 5.73 Å². The summed E-state index contributed by atoms with van der Waals surface area (Å²) < 4.78 is 2.23. The number of rotatable bonds is 2. The molecule has 1 aromatic carbocycles. The minimum Gasteiger partial charge on any atom is -0.343 e. The summed E-state index contributed by atoms with van der Waals surface area (Å²) in [6.45, 7) is 0.625. The van der Waals surface area contributed by atoms with Crippen LogP contribution in [0.1, 0.15) is 5.56 Å². The Morgan fingerprint density at radius 3 is 2.62 bits per heavy atom. The first-order valence-electron chi connectivity index (χ1n) is 7.09. The van der Waals surface area contributed by atoms with Gasteiger partial charge < -0.3 is 10.3 Å². The van der Waals surface area contributed by atoms with Crippen LogP contribution in [0.15, 0.2) is 43.0 Å². The van der Waals surface area contributed by atoms with Gasteiger partial charge in [0, 0.05) is 53.5 Å². The maximum Gasteiger partial charge on any atom is 0.0519 e. The first-order chi connectivity index (χ1) is 10.3. The van der Waals surface area contributed by atoms with E-state index in [1.54, 1.807) is 0 Å². The molecule has 0 amide bonds. The number of nitrogens with zero attached hydrogens (tertiary/aromatic N) is 3. The molecule has 0 aliphatic heterocycles. The summed E-state index contributed by atoms with van der Waals surface area (Å²) >= 11 is 0. The van der Waals surface area contributed by atoms with Gasteiger partial charge in [-0.1, -0.05) is 0 Å². The maximum absolute atomic E-state index is 5.85. The predicted molar refractivity (Wildman–Crippen MR) is 86.3 cm³/mol. The third kappa shape index (κ3) is 1.66. The number of fused-ring (bicyclic) bond motifs is 4. The van der Waals surface area contributed by atoms with Crippen LogP contribution in [-0.4, -0.2) is 21.1 Å². The lowest BCUT2D eigenvalue weighted by Gasteiger charge is -2.08. The Morgan fingerprint density at radius 1 is 1.05 bits per heavy atom. The lowest BCUT2D eigenvalue weighted by molar-refractivity contribution is 0.981. The molecule has 4 nitrogen and oxygen atoms in total. The molecule has 0 aliphatic carbocycles. The Balaban J connectivity index is 2.31. The first-order valence-corrected chi connectivity index (χ1v) is 7.09. The molecule has 0 bridgehead atoms. The van der Waals surface area contributed by atoms with Crippen LogP contribution in [0.5, 0.6) is 0 Å². The zero-order valence-electron chi connectivity index (χ0n) is 11.9. The van der Waals surface area contributed by atoms with Crippen LogP contribution >= 0.6 is 0 Å². The van der Waals surface area contributed by atoms with Crippen LogP contribution in [-0.2, 0) is 13.5 Å². The molecule has 4 heteroatoms. The van der Waals surface area contributed by atoms with E-state index in [9.17, 15) is 0 Å². The molecule has 0 saturated carbocycles. The summed E-state index contributed by atoms with van der Waals surface area (Å²) in [4.78, 5) is 8.58. The highest BCUT2D eigenvalue weighted by Crippen LogP contribution is 2.35. The molecule has 4 rings (SSSR count). The Labute approximate surface area is 122 Å². The topological polar surface area (TPSA) is 56.7 Å². The van der Waals surface area contributed by atoms with Crippen molar-refractivity contribution in [2.24, 2.45) is 12.8 Å². The van der Waals surface area contributed by atoms with Crippen LogP contribution < -0.4 is 5.73 Å². The minimum absolute atomic E-state index is 0.625. The van der Waals surface area contributed by atoms with Crippen molar-refractivity contribution >= 4 is 32.6 Å². The maximum atomic E-state index is 5.85. The zero-order chi connectivity index (χ0) is 14.4. The number of aryl methyl sites for hydroxylation is 1. The van der Waals surface area contributed by atoms with Gasteiger partial charge in [0.2, 0.25) is 0 Å². The molecule has 104 valence electrons. The summed E-state index contributed by atoms with van der Waals surface area (Å²) in [5.41, 5.74) is 9.54. The standard InChI is InChI=1S/C17H16N4/c1-21-15-4-7-20-10-14(15)17-12(2-5-18)13-9-19-6-3-11(13)8-16(17)21/h3-4,6-10H,2,5,18H2,1H3. The van der Waals surface area contributed by atoms with Gasteiger partial charge in [-0.2, -0.15) is 0 Å². The second kappa shape index (κ2) is 4.53. The van der Waals surface area contributed by atoms with Gasteiger partial charge in [0.05, 0.1) is 5.52 Å². The lowest BCUT2D eigenvalue weighted by atomic mass is 9.98. The van der Waals surface area contributed by atoms with E-state index in [-0.39, 0.29) is 0 Å². The molecule has 2 N–H and O–H groups in total. The summed E-state index contributed by atoms with van der Waals surface area (Å²) in [5.74, 6) is 0. The number of aromatic nitrogens is 3. The van der Waals surface area contributed by atoms with E-state index < -0.39 is 0 Å². The van der Waals surface area contributed by atoms with E-state index >= 15 is 0 Å². The average Bonchev–Trinajstić information content (AvgIpc) is 2.81. The van der Waals surface area contributed by atoms with Crippen LogP contribution in [0.2, 0.25) is 0 Å². The Hall–Kier alpha value is -2.46. The quantitative estimate of drug-likeness (QED) is 0.612. The number of benzene rings is 1. The van der Waals surface area contributed by atoms with Crippen molar-refractivity contribution in [1.29, 1.82) is 0 Å². The third-order valence-corrected chi connectivity index (χ3v) is 4.21. The monoisotopic (exact) mass is 276 g/mol. The molecule has 0 unspecified atom stereocenters. The zero-order valence-corrected chi connectivity index (χ0v) is 11.9. The molecular formula is C17H16N4. The van der Waals surface area contributed by atoms with Gasteiger partial charge in [-0.25, -0.2) is 0 Å². The minimum atomic E-state index is 0.625. The number of hydrogen-bond donors (Lipinski definition) is 1.